The Kier molecular flexibility index (Phi) is 4.43. The van der Waals surface area contributed by atoms with E-state index in [1.54, 1.807) is 18.4 Å². The number of carbonyl (C=O) groups is 1. The monoisotopic (exact) mass is 342 g/mol. The summed E-state index contributed by atoms with van der Waals surface area (Å²) in [4.78, 5) is 16.6. The maximum absolute atomic E-state index is 11.9. The normalized spacial score (nSPS) is 11.8. The van der Waals surface area contributed by atoms with E-state index < -0.39 is 0 Å². The molecule has 0 radical (unpaired) electrons. The van der Waals surface area contributed by atoms with Crippen LogP contribution in [0.2, 0.25) is 0 Å². The first-order valence-corrected chi connectivity index (χ1v) is 8.83. The van der Waals surface area contributed by atoms with Crippen molar-refractivity contribution in [1.29, 1.82) is 0 Å². The van der Waals surface area contributed by atoms with Crippen LogP contribution in [0.3, 0.4) is 0 Å². The van der Waals surface area contributed by atoms with Gasteiger partial charge < -0.3 is 16.4 Å². The maximum atomic E-state index is 11.9. The van der Waals surface area contributed by atoms with E-state index in [0.29, 0.717) is 5.56 Å². The summed E-state index contributed by atoms with van der Waals surface area (Å²) in [6.07, 6.45) is 0.844. The van der Waals surface area contributed by atoms with Crippen LogP contribution < -0.4 is 16.4 Å². The van der Waals surface area contributed by atoms with Gasteiger partial charge in [-0.2, -0.15) is 0 Å². The molecule has 2 heterocycles. The molecule has 0 unspecified atom stereocenters. The number of nitrogens with zero attached hydrogens (tertiary/aromatic N) is 1. The molecule has 0 spiro atoms. The van der Waals surface area contributed by atoms with Gasteiger partial charge in [0.25, 0.3) is 5.91 Å². The molecule has 3 rings (SSSR count). The van der Waals surface area contributed by atoms with Crippen LogP contribution >= 0.6 is 11.3 Å². The predicted octanol–water partition coefficient (Wildman–Crippen LogP) is 3.35. The molecule has 24 heavy (non-hydrogen) atoms. The second-order valence-corrected chi connectivity index (χ2v) is 7.52. The molecular weight excluding hydrogens is 320 g/mol. The predicted molar refractivity (Wildman–Crippen MR) is 102 cm³/mol. The van der Waals surface area contributed by atoms with Gasteiger partial charge in [0.1, 0.15) is 5.82 Å². The third-order valence-electron chi connectivity index (χ3n) is 3.95. The first-order chi connectivity index (χ1) is 11.4. The second kappa shape index (κ2) is 6.37. The number of benzene rings is 1. The quantitative estimate of drug-likeness (QED) is 0.664. The van der Waals surface area contributed by atoms with Gasteiger partial charge in [0.2, 0.25) is 0 Å². The minimum atomic E-state index is -0.218. The smallest absolute Gasteiger partial charge is 0.251 e. The van der Waals surface area contributed by atoms with Gasteiger partial charge in [0.15, 0.2) is 0 Å². The Labute approximate surface area is 145 Å². The molecule has 0 saturated carbocycles. The average Bonchev–Trinajstić information content (AvgIpc) is 3.02. The van der Waals surface area contributed by atoms with Crippen LogP contribution in [0.4, 0.5) is 5.82 Å². The Morgan fingerprint density at radius 2 is 2.08 bits per heavy atom. The fourth-order valence-corrected chi connectivity index (χ4v) is 3.56. The number of nitrogens with two attached hydrogens (primary N) is 1. The number of rotatable bonds is 5. The Morgan fingerprint density at radius 3 is 2.79 bits per heavy atom. The summed E-state index contributed by atoms with van der Waals surface area (Å²) in [6.45, 7) is 4.78. The molecule has 0 saturated heterocycles. The molecule has 6 heteroatoms. The Hall–Kier alpha value is -2.18. The minimum absolute atomic E-state index is 0.107. The molecule has 2 aromatic heterocycles. The lowest BCUT2D eigenvalue weighted by molar-refractivity contribution is 0.0963. The third kappa shape index (κ3) is 3.34. The van der Waals surface area contributed by atoms with E-state index in [-0.39, 0.29) is 11.4 Å². The van der Waals surface area contributed by atoms with Gasteiger partial charge in [0, 0.05) is 40.2 Å². The van der Waals surface area contributed by atoms with Crippen molar-refractivity contribution >= 4 is 44.1 Å². The zero-order valence-corrected chi connectivity index (χ0v) is 15.0. The van der Waals surface area contributed by atoms with Crippen LogP contribution in [0, 0.1) is 0 Å². The van der Waals surface area contributed by atoms with E-state index in [1.165, 1.54) is 4.70 Å². The largest absolute Gasteiger partial charge is 0.369 e. The molecular formula is C18H22N4OS. The first-order valence-electron chi connectivity index (χ1n) is 7.95. The van der Waals surface area contributed by atoms with Gasteiger partial charge in [-0.25, -0.2) is 4.98 Å². The number of carbonyl (C=O) groups excluding carboxylic acids is 1. The molecule has 126 valence electrons. The minimum Gasteiger partial charge on any atom is -0.369 e. The summed E-state index contributed by atoms with van der Waals surface area (Å²) in [5.41, 5.74) is 7.26. The highest BCUT2D eigenvalue weighted by atomic mass is 32.1. The maximum Gasteiger partial charge on any atom is 0.251 e. The van der Waals surface area contributed by atoms with Crippen molar-refractivity contribution in [3.8, 4) is 0 Å². The van der Waals surface area contributed by atoms with Crippen molar-refractivity contribution in [3.05, 3.63) is 35.2 Å². The Balaban J connectivity index is 2.03. The molecule has 1 amide bonds. The van der Waals surface area contributed by atoms with Crippen LogP contribution in [0.25, 0.3) is 21.0 Å². The van der Waals surface area contributed by atoms with E-state index in [4.69, 9.17) is 10.7 Å². The standard InChI is InChI=1S/C18H22N4OS/c1-18(2,19)7-8-21-16-13-6-9-24-15(13)12-5-4-11(17(23)20-3)10-14(12)22-16/h4-6,9-10H,7-8,19H2,1-3H3,(H,20,23)(H,21,22). The summed E-state index contributed by atoms with van der Waals surface area (Å²) in [5.74, 6) is 0.737. The number of anilines is 1. The zero-order chi connectivity index (χ0) is 17.3. The lowest BCUT2D eigenvalue weighted by atomic mass is 10.0. The molecule has 0 aliphatic carbocycles. The van der Waals surface area contributed by atoms with Crippen LogP contribution in [-0.2, 0) is 0 Å². The number of amides is 1. The SMILES string of the molecule is CNC(=O)c1ccc2c(c1)nc(NCCC(C)(C)N)c1ccsc12. The number of thiophene rings is 1. The molecule has 1 aromatic carbocycles. The van der Waals surface area contributed by atoms with Crippen molar-refractivity contribution in [2.24, 2.45) is 5.73 Å². The highest BCUT2D eigenvalue weighted by Gasteiger charge is 2.14. The van der Waals surface area contributed by atoms with Crippen LogP contribution in [0.5, 0.6) is 0 Å². The zero-order valence-electron chi connectivity index (χ0n) is 14.1. The topological polar surface area (TPSA) is 80.0 Å². The number of hydrogen-bond donors (Lipinski definition) is 3. The van der Waals surface area contributed by atoms with Gasteiger partial charge >= 0.3 is 0 Å². The van der Waals surface area contributed by atoms with Crippen molar-refractivity contribution in [2.45, 2.75) is 25.8 Å². The number of aromatic nitrogens is 1. The summed E-state index contributed by atoms with van der Waals surface area (Å²) >= 11 is 1.68. The van der Waals surface area contributed by atoms with Crippen LogP contribution in [0.1, 0.15) is 30.6 Å². The molecule has 0 bridgehead atoms. The van der Waals surface area contributed by atoms with E-state index in [0.717, 1.165) is 35.1 Å². The molecule has 5 nitrogen and oxygen atoms in total. The van der Waals surface area contributed by atoms with Gasteiger partial charge in [-0.1, -0.05) is 6.07 Å². The van der Waals surface area contributed by atoms with Gasteiger partial charge in [-0.3, -0.25) is 4.79 Å². The van der Waals surface area contributed by atoms with E-state index in [2.05, 4.69) is 22.1 Å². The Bertz CT molecular complexity index is 895. The summed E-state index contributed by atoms with van der Waals surface area (Å²) in [5, 5.41) is 10.3. The molecule has 0 aliphatic rings. The van der Waals surface area contributed by atoms with Crippen molar-refractivity contribution in [1.82, 2.24) is 10.3 Å². The molecule has 0 atom stereocenters. The highest BCUT2D eigenvalue weighted by Crippen LogP contribution is 2.33. The molecule has 3 aromatic rings. The summed E-state index contributed by atoms with van der Waals surface area (Å²) < 4.78 is 1.18. The summed E-state index contributed by atoms with van der Waals surface area (Å²) in [6, 6.07) is 7.73. The van der Waals surface area contributed by atoms with Gasteiger partial charge in [-0.05, 0) is 43.8 Å². The first kappa shape index (κ1) is 16.7. The van der Waals surface area contributed by atoms with E-state index >= 15 is 0 Å². The fraction of sp³-hybridized carbons (Fsp3) is 0.333. The lowest BCUT2D eigenvalue weighted by Gasteiger charge is -2.19. The lowest BCUT2D eigenvalue weighted by Crippen LogP contribution is -2.34. The average molecular weight is 342 g/mol. The van der Waals surface area contributed by atoms with Gasteiger partial charge in [0.05, 0.1) is 5.52 Å². The van der Waals surface area contributed by atoms with Crippen molar-refractivity contribution in [3.63, 3.8) is 0 Å². The second-order valence-electron chi connectivity index (χ2n) is 6.60. The van der Waals surface area contributed by atoms with Gasteiger partial charge in [-0.15, -0.1) is 11.3 Å². The van der Waals surface area contributed by atoms with Crippen LogP contribution in [-0.4, -0.2) is 30.0 Å². The number of fused-ring (bicyclic) bond motifs is 3. The van der Waals surface area contributed by atoms with E-state index in [1.807, 2.05) is 32.0 Å². The number of nitrogens with one attached hydrogen (secondary N) is 2. The summed E-state index contributed by atoms with van der Waals surface area (Å²) in [7, 11) is 1.63. The molecule has 0 aliphatic heterocycles. The molecule has 4 N–H and O–H groups in total. The van der Waals surface area contributed by atoms with Crippen molar-refractivity contribution < 1.29 is 4.79 Å². The third-order valence-corrected chi connectivity index (χ3v) is 4.89. The number of pyridine rings is 1. The fourth-order valence-electron chi connectivity index (χ4n) is 2.62. The number of hydrogen-bond acceptors (Lipinski definition) is 5. The molecule has 0 fully saturated rings. The van der Waals surface area contributed by atoms with E-state index in [9.17, 15) is 4.79 Å². The van der Waals surface area contributed by atoms with Crippen LogP contribution in [0.15, 0.2) is 29.6 Å². The Morgan fingerprint density at radius 1 is 1.29 bits per heavy atom. The van der Waals surface area contributed by atoms with Crippen molar-refractivity contribution in [2.75, 3.05) is 18.9 Å². The highest BCUT2D eigenvalue weighted by molar-refractivity contribution is 7.18.